The van der Waals surface area contributed by atoms with E-state index in [2.05, 4.69) is 0 Å². The summed E-state index contributed by atoms with van der Waals surface area (Å²) in [5.74, 6) is -0.711. The molecule has 0 atom stereocenters. The zero-order valence-electron chi connectivity index (χ0n) is 3.27. The van der Waals surface area contributed by atoms with E-state index < -0.39 is 5.97 Å². The van der Waals surface area contributed by atoms with Crippen LogP contribution in [-0.4, -0.2) is 27.6 Å². The molecule has 0 aromatic rings. The second-order valence-electron chi connectivity index (χ2n) is 0.894. The van der Waals surface area contributed by atoms with Crippen molar-refractivity contribution in [3.63, 3.8) is 0 Å². The second-order valence-corrected chi connectivity index (χ2v) is 1.94. The van der Waals surface area contributed by atoms with Crippen molar-refractivity contribution in [2.75, 3.05) is 0 Å². The molecule has 0 aliphatic carbocycles. The number of carboxylic acid groups (broad SMARTS) is 1. The molecule has 0 aromatic carbocycles. The van der Waals surface area contributed by atoms with Crippen LogP contribution in [0.1, 0.15) is 6.42 Å². The van der Waals surface area contributed by atoms with Gasteiger partial charge in [-0.25, -0.2) is 0 Å². The van der Waals surface area contributed by atoms with Crippen LogP contribution in [-0.2, 0) is 4.79 Å². The zero-order chi connectivity index (χ0) is 4.99. The molecule has 0 aromatic heterocycles. The van der Waals surface area contributed by atoms with E-state index in [0.29, 0.717) is 6.42 Å². The van der Waals surface area contributed by atoms with Gasteiger partial charge in [0.05, 0.1) is 0 Å². The number of hydrogen-bond donors (Lipinski definition) is 1. The molecule has 0 rings (SSSR count). The van der Waals surface area contributed by atoms with Crippen LogP contribution in [0, 0.1) is 0 Å². The van der Waals surface area contributed by atoms with Crippen LogP contribution in [0.25, 0.3) is 0 Å². The van der Waals surface area contributed by atoms with Crippen LogP contribution in [0.5, 0.6) is 0 Å². The Morgan fingerprint density at radius 3 is 2.33 bits per heavy atom. The third kappa shape index (κ3) is 4.01. The Bertz CT molecular complexity index is 52.8. The van der Waals surface area contributed by atoms with Gasteiger partial charge in [0.25, 0.3) is 0 Å². The Kier molecular flexibility index (Phi) is 3.22. The van der Waals surface area contributed by atoms with Gasteiger partial charge in [-0.1, -0.05) is 0 Å². The Labute approximate surface area is 44.8 Å². The van der Waals surface area contributed by atoms with Gasteiger partial charge in [-0.2, -0.15) is 0 Å². The van der Waals surface area contributed by atoms with E-state index in [9.17, 15) is 4.79 Å². The molecule has 0 spiro atoms. The van der Waals surface area contributed by atoms with Gasteiger partial charge in [0.1, 0.15) is 0 Å². The van der Waals surface area contributed by atoms with E-state index >= 15 is 0 Å². The van der Waals surface area contributed by atoms with Crippen LogP contribution in [0.3, 0.4) is 0 Å². The Hall–Kier alpha value is 0.0129. The van der Waals surface area contributed by atoms with Gasteiger partial charge >= 0.3 is 44.1 Å². The van der Waals surface area contributed by atoms with Crippen molar-refractivity contribution in [3.8, 4) is 0 Å². The van der Waals surface area contributed by atoms with Crippen molar-refractivity contribution in [1.82, 2.24) is 0 Å². The first-order chi connectivity index (χ1) is 2.77. The van der Waals surface area contributed by atoms with Gasteiger partial charge in [-0.3, -0.25) is 0 Å². The molecule has 1 N–H and O–H groups in total. The third-order valence-corrected chi connectivity index (χ3v) is 0.863. The fourth-order valence-electron chi connectivity index (χ4n) is 0.107. The van der Waals surface area contributed by atoms with Crippen molar-refractivity contribution in [2.24, 2.45) is 0 Å². The van der Waals surface area contributed by atoms with Gasteiger partial charge in [0.15, 0.2) is 0 Å². The van der Waals surface area contributed by atoms with Crippen LogP contribution in [0.4, 0.5) is 0 Å². The normalized spacial score (nSPS) is 8.33. The molecular weight excluding hydrogens is 141 g/mol. The number of carbonyl (C=O) groups is 1. The van der Waals surface area contributed by atoms with E-state index in [1.54, 1.807) is 0 Å². The molecule has 0 amide bonds. The second kappa shape index (κ2) is 3.21. The molecule has 0 heterocycles. The van der Waals surface area contributed by atoms with Crippen LogP contribution in [0.2, 0.25) is 5.25 Å². The molecule has 30 valence electrons. The number of aliphatic carboxylic acids is 1. The fraction of sp³-hybridized carbons (Fsp3) is 0.667. The molecular formula is C3H5GeO2+3. The summed E-state index contributed by atoms with van der Waals surface area (Å²) < 4.78 is 0. The van der Waals surface area contributed by atoms with Gasteiger partial charge < -0.3 is 0 Å². The van der Waals surface area contributed by atoms with Crippen LogP contribution >= 0.6 is 0 Å². The molecule has 0 saturated carbocycles. The van der Waals surface area contributed by atoms with Gasteiger partial charge in [-0.05, 0) is 0 Å². The van der Waals surface area contributed by atoms with Crippen LogP contribution in [0.15, 0.2) is 0 Å². The monoisotopic (exact) mass is 147 g/mol. The summed E-state index contributed by atoms with van der Waals surface area (Å²) in [6.07, 6.45) is 0.292. The molecule has 0 aliphatic heterocycles. The summed E-state index contributed by atoms with van der Waals surface area (Å²) in [6, 6.07) is 0. The molecule has 0 unspecified atom stereocenters. The molecule has 0 saturated heterocycles. The molecule has 3 heteroatoms. The molecule has 0 aliphatic rings. The summed E-state index contributed by atoms with van der Waals surface area (Å²) in [5, 5.41) is 8.64. The Morgan fingerprint density at radius 2 is 2.33 bits per heavy atom. The third-order valence-electron chi connectivity index (χ3n) is 0.339. The van der Waals surface area contributed by atoms with Gasteiger partial charge in [0.2, 0.25) is 0 Å². The number of rotatable bonds is 2. The molecule has 0 radical (unpaired) electrons. The van der Waals surface area contributed by atoms with Crippen LogP contribution < -0.4 is 0 Å². The fourth-order valence-corrected chi connectivity index (χ4v) is 0.556. The SMILES string of the molecule is O=C(O)C[CH2][Ge+3]. The average molecular weight is 146 g/mol. The van der Waals surface area contributed by atoms with E-state index in [4.69, 9.17) is 5.11 Å². The Morgan fingerprint density at radius 1 is 1.83 bits per heavy atom. The van der Waals surface area contributed by atoms with E-state index in [-0.39, 0.29) is 0 Å². The summed E-state index contributed by atoms with van der Waals surface area (Å²) in [5.41, 5.74) is 0. The minimum atomic E-state index is -0.711. The predicted molar refractivity (Wildman–Crippen MR) is 22.8 cm³/mol. The van der Waals surface area contributed by atoms with Gasteiger partial charge in [0, 0.05) is 0 Å². The molecule has 0 fully saturated rings. The van der Waals surface area contributed by atoms with Crippen molar-refractivity contribution >= 4 is 22.5 Å². The maximum atomic E-state index is 9.60. The first-order valence-electron chi connectivity index (χ1n) is 1.63. The summed E-state index contributed by atoms with van der Waals surface area (Å²) in [6.45, 7) is 0. The van der Waals surface area contributed by atoms with E-state index in [1.807, 2.05) is 16.5 Å². The first-order valence-corrected chi connectivity index (χ1v) is 3.12. The first kappa shape index (κ1) is 6.01. The summed E-state index contributed by atoms with van der Waals surface area (Å²) >= 11 is 1.84. The minimum absolute atomic E-state index is 0.292. The molecule has 6 heavy (non-hydrogen) atoms. The van der Waals surface area contributed by atoms with E-state index in [1.165, 1.54) is 0 Å². The topological polar surface area (TPSA) is 37.3 Å². The Balaban J connectivity index is 2.83. The van der Waals surface area contributed by atoms with Crippen molar-refractivity contribution in [3.05, 3.63) is 0 Å². The van der Waals surface area contributed by atoms with Gasteiger partial charge in [-0.15, -0.1) is 0 Å². The standard InChI is InChI=1S/C3H5GeO2/c4-2-1-3(5)6/h1-2H2,(H,5,6)/q+3. The molecule has 0 bridgehead atoms. The quantitative estimate of drug-likeness (QED) is 0.558. The molecule has 2 nitrogen and oxygen atoms in total. The summed E-state index contributed by atoms with van der Waals surface area (Å²) in [4.78, 5) is 9.60. The van der Waals surface area contributed by atoms with Crippen molar-refractivity contribution < 1.29 is 9.90 Å². The van der Waals surface area contributed by atoms with Crippen molar-refractivity contribution in [1.29, 1.82) is 0 Å². The predicted octanol–water partition coefficient (Wildman–Crippen LogP) is 0.0479. The average Bonchev–Trinajstić information content (AvgIpc) is 1.35. The maximum absolute atomic E-state index is 9.60. The van der Waals surface area contributed by atoms with E-state index in [0.717, 1.165) is 5.25 Å². The zero-order valence-corrected chi connectivity index (χ0v) is 5.37. The number of hydrogen-bond acceptors (Lipinski definition) is 1. The number of carboxylic acids is 1. The van der Waals surface area contributed by atoms with Crippen molar-refractivity contribution in [2.45, 2.75) is 11.7 Å². The summed E-state index contributed by atoms with van der Waals surface area (Å²) in [7, 11) is 0.